The van der Waals surface area contributed by atoms with Gasteiger partial charge in [0.15, 0.2) is 5.60 Å². The molecule has 44 valence electrons. The number of rotatable bonds is 0. The van der Waals surface area contributed by atoms with Gasteiger partial charge in [0, 0.05) is 5.38 Å². The summed E-state index contributed by atoms with van der Waals surface area (Å²) in [6.07, 6.45) is 0.258. The van der Waals surface area contributed by atoms with Crippen molar-refractivity contribution in [2.75, 3.05) is 0 Å². The minimum Gasteiger partial charge on any atom is -0.353 e. The number of epoxide rings is 1. The van der Waals surface area contributed by atoms with E-state index in [1.54, 1.807) is 0 Å². The van der Waals surface area contributed by atoms with E-state index >= 15 is 0 Å². The molecule has 1 nitrogen and oxygen atoms in total. The Labute approximate surface area is 54.0 Å². The minimum atomic E-state index is -0.234. The highest BCUT2D eigenvalue weighted by Crippen LogP contribution is 2.34. The Bertz CT molecular complexity index is 156. The fraction of sp³-hybridized carbons (Fsp3) is 0.667. The highest BCUT2D eigenvalue weighted by atomic mass is 35.5. The van der Waals surface area contributed by atoms with Crippen molar-refractivity contribution in [3.63, 3.8) is 0 Å². The smallest absolute Gasteiger partial charge is 0.153 e. The molecule has 0 spiro atoms. The molecule has 0 radical (unpaired) electrons. The first-order valence-corrected chi connectivity index (χ1v) is 2.87. The standard InChI is InChI=1S/C6H7ClO/c1-5-6(2,8-5)3-4-7/h5H,1-2H3. The Kier molecular flexibility index (Phi) is 1.22. The molecule has 0 aromatic heterocycles. The summed E-state index contributed by atoms with van der Waals surface area (Å²) in [6, 6.07) is 0. The lowest BCUT2D eigenvalue weighted by Gasteiger charge is -1.85. The SMILES string of the molecule is CC1OC1(C)C#CCl. The maximum atomic E-state index is 5.15. The van der Waals surface area contributed by atoms with E-state index in [2.05, 4.69) is 11.3 Å². The van der Waals surface area contributed by atoms with Gasteiger partial charge in [0.05, 0.1) is 6.10 Å². The van der Waals surface area contributed by atoms with Gasteiger partial charge in [-0.1, -0.05) is 0 Å². The van der Waals surface area contributed by atoms with Crippen LogP contribution in [0.5, 0.6) is 0 Å². The van der Waals surface area contributed by atoms with E-state index in [0.717, 1.165) is 0 Å². The summed E-state index contributed by atoms with van der Waals surface area (Å²) in [6.45, 7) is 3.90. The van der Waals surface area contributed by atoms with Crippen molar-refractivity contribution in [3.05, 3.63) is 0 Å². The third-order valence-corrected chi connectivity index (χ3v) is 1.53. The largest absolute Gasteiger partial charge is 0.353 e. The van der Waals surface area contributed by atoms with Crippen LogP contribution >= 0.6 is 11.6 Å². The summed E-state index contributed by atoms with van der Waals surface area (Å²) in [5, 5.41) is 2.30. The van der Waals surface area contributed by atoms with E-state index in [0.29, 0.717) is 0 Å². The molecule has 1 aliphatic heterocycles. The highest BCUT2D eigenvalue weighted by molar-refractivity contribution is 6.30. The zero-order valence-corrected chi connectivity index (χ0v) is 5.62. The van der Waals surface area contributed by atoms with E-state index in [-0.39, 0.29) is 11.7 Å². The van der Waals surface area contributed by atoms with Crippen LogP contribution in [0.4, 0.5) is 0 Å². The Morgan fingerprint density at radius 3 is 2.38 bits per heavy atom. The Balaban J connectivity index is 2.55. The minimum absolute atomic E-state index is 0.234. The van der Waals surface area contributed by atoms with Crippen LogP contribution in [0.2, 0.25) is 0 Å². The van der Waals surface area contributed by atoms with Crippen molar-refractivity contribution in [3.8, 4) is 11.3 Å². The summed E-state index contributed by atoms with van der Waals surface area (Å²) in [5.74, 6) is 2.74. The normalized spacial score (nSPS) is 42.6. The number of hydrogen-bond acceptors (Lipinski definition) is 1. The van der Waals surface area contributed by atoms with Gasteiger partial charge in [0.2, 0.25) is 0 Å². The predicted molar refractivity (Wildman–Crippen MR) is 32.6 cm³/mol. The zero-order valence-electron chi connectivity index (χ0n) is 4.86. The van der Waals surface area contributed by atoms with Gasteiger partial charge in [0.25, 0.3) is 0 Å². The summed E-state index contributed by atoms with van der Waals surface area (Å²) < 4.78 is 5.09. The Hall–Kier alpha value is -0.190. The topological polar surface area (TPSA) is 12.5 Å². The van der Waals surface area contributed by atoms with Crippen LogP contribution in [0.1, 0.15) is 13.8 Å². The van der Waals surface area contributed by atoms with Gasteiger partial charge in [-0.2, -0.15) is 0 Å². The summed E-state index contributed by atoms with van der Waals surface area (Å²) in [5.41, 5.74) is -0.234. The number of ether oxygens (including phenoxy) is 1. The fourth-order valence-electron chi connectivity index (χ4n) is 0.558. The second-order valence-corrected chi connectivity index (χ2v) is 2.28. The van der Waals surface area contributed by atoms with Crippen molar-refractivity contribution in [1.29, 1.82) is 0 Å². The first kappa shape index (κ1) is 5.94. The lowest BCUT2D eigenvalue weighted by molar-refractivity contribution is 0.355. The van der Waals surface area contributed by atoms with Crippen LogP contribution < -0.4 is 0 Å². The van der Waals surface area contributed by atoms with Crippen molar-refractivity contribution < 1.29 is 4.74 Å². The Morgan fingerprint density at radius 1 is 1.75 bits per heavy atom. The lowest BCUT2D eigenvalue weighted by atomic mass is 10.1. The summed E-state index contributed by atoms with van der Waals surface area (Å²) in [4.78, 5) is 0. The molecule has 1 heterocycles. The third kappa shape index (κ3) is 0.819. The first-order valence-electron chi connectivity index (χ1n) is 2.49. The molecule has 0 aliphatic carbocycles. The van der Waals surface area contributed by atoms with Crippen molar-refractivity contribution in [2.24, 2.45) is 0 Å². The fourth-order valence-corrected chi connectivity index (χ4v) is 0.746. The lowest BCUT2D eigenvalue weighted by Crippen LogP contribution is -2.01. The molecule has 2 unspecified atom stereocenters. The van der Waals surface area contributed by atoms with Crippen LogP contribution in [-0.4, -0.2) is 11.7 Å². The molecule has 2 heteroatoms. The molecule has 0 aromatic carbocycles. The second-order valence-electron chi connectivity index (χ2n) is 2.09. The molecule has 0 aromatic rings. The van der Waals surface area contributed by atoms with Gasteiger partial charge in [-0.15, -0.1) is 0 Å². The van der Waals surface area contributed by atoms with Gasteiger partial charge in [-0.25, -0.2) is 0 Å². The molecule has 1 saturated heterocycles. The molecule has 1 aliphatic rings. The zero-order chi connectivity index (χ0) is 6.20. The van der Waals surface area contributed by atoms with Gasteiger partial charge >= 0.3 is 0 Å². The van der Waals surface area contributed by atoms with E-state index in [1.165, 1.54) is 0 Å². The Morgan fingerprint density at radius 2 is 2.25 bits per heavy atom. The monoisotopic (exact) mass is 130 g/mol. The molecular weight excluding hydrogens is 124 g/mol. The molecule has 1 rings (SSSR count). The first-order chi connectivity index (χ1) is 3.69. The van der Waals surface area contributed by atoms with Crippen LogP contribution in [-0.2, 0) is 4.74 Å². The third-order valence-electron chi connectivity index (χ3n) is 1.44. The predicted octanol–water partition coefficient (Wildman–Crippen LogP) is 1.36. The van der Waals surface area contributed by atoms with E-state index in [1.807, 2.05) is 13.8 Å². The van der Waals surface area contributed by atoms with Gasteiger partial charge in [-0.05, 0) is 31.4 Å². The maximum Gasteiger partial charge on any atom is 0.153 e. The molecule has 8 heavy (non-hydrogen) atoms. The van der Waals surface area contributed by atoms with E-state index in [4.69, 9.17) is 16.3 Å². The molecule has 2 atom stereocenters. The van der Waals surface area contributed by atoms with Gasteiger partial charge in [-0.3, -0.25) is 0 Å². The average Bonchev–Trinajstić information content (AvgIpc) is 2.16. The van der Waals surface area contributed by atoms with Crippen LogP contribution in [0.25, 0.3) is 0 Å². The van der Waals surface area contributed by atoms with Gasteiger partial charge in [0.1, 0.15) is 0 Å². The number of halogens is 1. The van der Waals surface area contributed by atoms with Gasteiger partial charge < -0.3 is 4.74 Å². The number of hydrogen-bond donors (Lipinski definition) is 0. The molecule has 1 fully saturated rings. The highest BCUT2D eigenvalue weighted by Gasteiger charge is 2.47. The quantitative estimate of drug-likeness (QED) is 0.356. The van der Waals surface area contributed by atoms with Crippen LogP contribution in [0.3, 0.4) is 0 Å². The molecule has 0 N–H and O–H groups in total. The van der Waals surface area contributed by atoms with E-state index < -0.39 is 0 Å². The molecule has 0 bridgehead atoms. The summed E-state index contributed by atoms with van der Waals surface area (Å²) in [7, 11) is 0. The molecular formula is C6H7ClO. The molecule has 0 saturated carbocycles. The summed E-state index contributed by atoms with van der Waals surface area (Å²) >= 11 is 5.15. The van der Waals surface area contributed by atoms with E-state index in [9.17, 15) is 0 Å². The van der Waals surface area contributed by atoms with Crippen LogP contribution in [0, 0.1) is 11.3 Å². The second kappa shape index (κ2) is 1.65. The maximum absolute atomic E-state index is 5.15. The molecule has 0 amide bonds. The van der Waals surface area contributed by atoms with Crippen molar-refractivity contribution >= 4 is 11.6 Å². The van der Waals surface area contributed by atoms with Crippen LogP contribution in [0.15, 0.2) is 0 Å². The average molecular weight is 131 g/mol. The van der Waals surface area contributed by atoms with Crippen molar-refractivity contribution in [1.82, 2.24) is 0 Å². The van der Waals surface area contributed by atoms with Crippen molar-refractivity contribution in [2.45, 2.75) is 25.6 Å².